The smallest absolute Gasteiger partial charge is 0.409 e. The summed E-state index contributed by atoms with van der Waals surface area (Å²) >= 11 is 0. The maximum Gasteiger partial charge on any atom is 0.409 e. The fourth-order valence-electron chi connectivity index (χ4n) is 1.82. The number of fused-ring (bicyclic) bond motifs is 1. The first-order valence-electron chi connectivity index (χ1n) is 5.10. The zero-order valence-electron chi connectivity index (χ0n) is 9.36. The molecule has 0 N–H and O–H groups in total. The standard InChI is InChI=1S/C10H14N2O4/c1-14-9-7-6-12(10(13)15-2)5-3-4-8(7)16-11-9/h3-6H2,1-2H3. The first kappa shape index (κ1) is 10.8. The predicted octanol–water partition coefficient (Wildman–Crippen LogP) is 1.20. The van der Waals surface area contributed by atoms with Gasteiger partial charge in [-0.25, -0.2) is 4.79 Å². The molecule has 0 aliphatic carbocycles. The number of carbonyl (C=O) groups excluding carboxylic acids is 1. The van der Waals surface area contributed by atoms with Crippen molar-refractivity contribution in [3.63, 3.8) is 0 Å². The molecule has 0 bridgehead atoms. The molecular formula is C10H14N2O4. The second kappa shape index (κ2) is 4.42. The minimum Gasteiger partial charge on any atom is -0.479 e. The van der Waals surface area contributed by atoms with Crippen molar-refractivity contribution in [3.05, 3.63) is 11.3 Å². The fraction of sp³-hybridized carbons (Fsp3) is 0.600. The van der Waals surface area contributed by atoms with Crippen LogP contribution >= 0.6 is 0 Å². The summed E-state index contributed by atoms with van der Waals surface area (Å²) in [5.74, 6) is 1.24. The molecule has 1 aliphatic heterocycles. The number of ether oxygens (including phenoxy) is 2. The van der Waals surface area contributed by atoms with Crippen LogP contribution in [0.1, 0.15) is 17.7 Å². The lowest BCUT2D eigenvalue weighted by molar-refractivity contribution is 0.121. The van der Waals surface area contributed by atoms with Crippen molar-refractivity contribution >= 4 is 6.09 Å². The lowest BCUT2D eigenvalue weighted by atomic mass is 10.2. The fourth-order valence-corrected chi connectivity index (χ4v) is 1.82. The largest absolute Gasteiger partial charge is 0.479 e. The molecule has 2 heterocycles. The van der Waals surface area contributed by atoms with Crippen molar-refractivity contribution in [2.45, 2.75) is 19.4 Å². The summed E-state index contributed by atoms with van der Waals surface area (Å²) in [5.41, 5.74) is 0.838. The quantitative estimate of drug-likeness (QED) is 0.719. The van der Waals surface area contributed by atoms with Crippen molar-refractivity contribution in [1.82, 2.24) is 10.1 Å². The number of rotatable bonds is 1. The zero-order valence-corrected chi connectivity index (χ0v) is 9.36. The molecule has 0 spiro atoms. The summed E-state index contributed by atoms with van der Waals surface area (Å²) in [6.45, 7) is 1.08. The van der Waals surface area contributed by atoms with E-state index in [0.717, 1.165) is 24.2 Å². The number of methoxy groups -OCH3 is 2. The molecule has 0 atom stereocenters. The average molecular weight is 226 g/mol. The Kier molecular flexibility index (Phi) is 2.98. The van der Waals surface area contributed by atoms with E-state index in [9.17, 15) is 4.79 Å². The molecule has 2 rings (SSSR count). The summed E-state index contributed by atoms with van der Waals surface area (Å²) in [5, 5.41) is 3.80. The van der Waals surface area contributed by atoms with Gasteiger partial charge < -0.3 is 18.9 Å². The molecular weight excluding hydrogens is 212 g/mol. The van der Waals surface area contributed by atoms with Crippen molar-refractivity contribution in [2.75, 3.05) is 20.8 Å². The summed E-state index contributed by atoms with van der Waals surface area (Å²) < 4.78 is 15.0. The normalized spacial score (nSPS) is 15.2. The summed E-state index contributed by atoms with van der Waals surface area (Å²) in [7, 11) is 2.91. The van der Waals surface area contributed by atoms with Crippen LogP contribution in [0, 0.1) is 0 Å². The molecule has 1 aliphatic rings. The molecule has 0 saturated carbocycles. The molecule has 1 aromatic heterocycles. The van der Waals surface area contributed by atoms with Crippen LogP contribution in [0.2, 0.25) is 0 Å². The molecule has 16 heavy (non-hydrogen) atoms. The van der Waals surface area contributed by atoms with Crippen molar-refractivity contribution in [2.24, 2.45) is 0 Å². The van der Waals surface area contributed by atoms with Gasteiger partial charge in [0.2, 0.25) is 0 Å². The Morgan fingerprint density at radius 3 is 3.00 bits per heavy atom. The van der Waals surface area contributed by atoms with E-state index in [1.807, 2.05) is 0 Å². The zero-order chi connectivity index (χ0) is 11.5. The number of hydrogen-bond acceptors (Lipinski definition) is 5. The molecule has 0 unspecified atom stereocenters. The molecule has 6 heteroatoms. The third kappa shape index (κ3) is 1.82. The van der Waals surface area contributed by atoms with Crippen LogP contribution in [-0.4, -0.2) is 36.9 Å². The summed E-state index contributed by atoms with van der Waals surface area (Å²) in [6, 6.07) is 0. The lowest BCUT2D eigenvalue weighted by Gasteiger charge is -2.18. The van der Waals surface area contributed by atoms with Crippen molar-refractivity contribution in [3.8, 4) is 5.88 Å². The summed E-state index contributed by atoms with van der Waals surface area (Å²) in [4.78, 5) is 13.1. The Morgan fingerprint density at radius 1 is 1.50 bits per heavy atom. The van der Waals surface area contributed by atoms with Gasteiger partial charge in [0.15, 0.2) is 0 Å². The van der Waals surface area contributed by atoms with E-state index in [1.54, 1.807) is 4.90 Å². The van der Waals surface area contributed by atoms with E-state index in [1.165, 1.54) is 14.2 Å². The minimum atomic E-state index is -0.337. The van der Waals surface area contributed by atoms with Crippen molar-refractivity contribution in [1.29, 1.82) is 0 Å². The molecule has 0 radical (unpaired) electrons. The highest BCUT2D eigenvalue weighted by atomic mass is 16.5. The van der Waals surface area contributed by atoms with Crippen LogP contribution in [0.3, 0.4) is 0 Å². The van der Waals surface area contributed by atoms with E-state index in [0.29, 0.717) is 19.0 Å². The van der Waals surface area contributed by atoms with Crippen LogP contribution in [0.25, 0.3) is 0 Å². The van der Waals surface area contributed by atoms with Gasteiger partial charge in [-0.2, -0.15) is 0 Å². The first-order chi connectivity index (χ1) is 7.76. The Morgan fingerprint density at radius 2 is 2.31 bits per heavy atom. The van der Waals surface area contributed by atoms with Gasteiger partial charge in [0.05, 0.1) is 26.3 Å². The first-order valence-corrected chi connectivity index (χ1v) is 5.10. The van der Waals surface area contributed by atoms with E-state index >= 15 is 0 Å². The highest BCUT2D eigenvalue weighted by molar-refractivity contribution is 5.67. The van der Waals surface area contributed by atoms with Gasteiger partial charge in [0.1, 0.15) is 5.76 Å². The Balaban J connectivity index is 2.24. The van der Waals surface area contributed by atoms with Gasteiger partial charge in [-0.15, -0.1) is 0 Å². The number of nitrogens with zero attached hydrogens (tertiary/aromatic N) is 2. The number of amides is 1. The highest BCUT2D eigenvalue weighted by Gasteiger charge is 2.25. The van der Waals surface area contributed by atoms with Crippen molar-refractivity contribution < 1.29 is 18.8 Å². The topological polar surface area (TPSA) is 64.8 Å². The Labute approximate surface area is 93.1 Å². The molecule has 0 saturated heterocycles. The second-order valence-electron chi connectivity index (χ2n) is 3.59. The maximum atomic E-state index is 11.5. The van der Waals surface area contributed by atoms with Crippen LogP contribution < -0.4 is 4.74 Å². The van der Waals surface area contributed by atoms with E-state index in [4.69, 9.17) is 14.0 Å². The summed E-state index contributed by atoms with van der Waals surface area (Å²) in [6.07, 6.45) is 1.26. The molecule has 0 aromatic carbocycles. The predicted molar refractivity (Wildman–Crippen MR) is 54.2 cm³/mol. The van der Waals surface area contributed by atoms with Gasteiger partial charge >= 0.3 is 6.09 Å². The van der Waals surface area contributed by atoms with Crippen LogP contribution in [0.15, 0.2) is 4.52 Å². The molecule has 1 amide bonds. The molecule has 0 fully saturated rings. The average Bonchev–Trinajstić information content (AvgIpc) is 2.57. The molecule has 6 nitrogen and oxygen atoms in total. The van der Waals surface area contributed by atoms with Gasteiger partial charge in [-0.3, -0.25) is 0 Å². The third-order valence-electron chi connectivity index (χ3n) is 2.64. The van der Waals surface area contributed by atoms with Crippen LogP contribution in [-0.2, 0) is 17.7 Å². The third-order valence-corrected chi connectivity index (χ3v) is 2.64. The number of hydrogen-bond donors (Lipinski definition) is 0. The number of carbonyl (C=O) groups is 1. The Hall–Kier alpha value is -1.72. The van der Waals surface area contributed by atoms with E-state index < -0.39 is 0 Å². The molecule has 88 valence electrons. The van der Waals surface area contributed by atoms with Gasteiger partial charge in [-0.05, 0) is 11.6 Å². The van der Waals surface area contributed by atoms with Gasteiger partial charge in [-0.1, -0.05) is 0 Å². The highest BCUT2D eigenvalue weighted by Crippen LogP contribution is 2.27. The van der Waals surface area contributed by atoms with Crippen LogP contribution in [0.5, 0.6) is 5.88 Å². The van der Waals surface area contributed by atoms with E-state index in [2.05, 4.69) is 5.16 Å². The minimum absolute atomic E-state index is 0.337. The maximum absolute atomic E-state index is 11.5. The SMILES string of the molecule is COC(=O)N1CCCc2onc(OC)c2C1. The second-order valence-corrected chi connectivity index (χ2v) is 3.59. The van der Waals surface area contributed by atoms with E-state index in [-0.39, 0.29) is 6.09 Å². The number of aromatic nitrogens is 1. The van der Waals surface area contributed by atoms with Gasteiger partial charge in [0, 0.05) is 13.0 Å². The Bertz CT molecular complexity index is 388. The lowest BCUT2D eigenvalue weighted by Crippen LogP contribution is -2.30. The molecule has 1 aromatic rings. The number of aryl methyl sites for hydroxylation is 1. The van der Waals surface area contributed by atoms with Crippen LogP contribution in [0.4, 0.5) is 4.79 Å². The van der Waals surface area contributed by atoms with Gasteiger partial charge in [0.25, 0.3) is 5.88 Å². The monoisotopic (exact) mass is 226 g/mol.